The van der Waals surface area contributed by atoms with Gasteiger partial charge in [-0.1, -0.05) is 18.2 Å². The van der Waals surface area contributed by atoms with Crippen LogP contribution in [-0.4, -0.2) is 36.6 Å². The fourth-order valence-corrected chi connectivity index (χ4v) is 3.80. The number of hydrogen-bond acceptors (Lipinski definition) is 4. The lowest BCUT2D eigenvalue weighted by Gasteiger charge is -2.28. The number of aromatic nitrogens is 1. The first-order valence-electron chi connectivity index (χ1n) is 9.72. The molecule has 0 bridgehead atoms. The third kappa shape index (κ3) is 3.85. The Labute approximate surface area is 165 Å². The number of methoxy groups -OCH3 is 1. The Hall–Kier alpha value is -2.92. The molecular formula is C23H25N3O2. The van der Waals surface area contributed by atoms with Crippen LogP contribution in [0.25, 0.3) is 22.2 Å². The van der Waals surface area contributed by atoms with E-state index in [4.69, 9.17) is 9.72 Å². The third-order valence-electron chi connectivity index (χ3n) is 5.31. The number of carbonyl (C=O) groups is 1. The van der Waals surface area contributed by atoms with Crippen molar-refractivity contribution in [2.24, 2.45) is 0 Å². The van der Waals surface area contributed by atoms with Gasteiger partial charge < -0.3 is 15.4 Å². The molecule has 1 aromatic heterocycles. The molecule has 0 spiro atoms. The molecule has 2 heterocycles. The molecule has 28 heavy (non-hydrogen) atoms. The molecule has 3 aromatic rings. The zero-order valence-corrected chi connectivity index (χ0v) is 16.2. The lowest BCUT2D eigenvalue weighted by atomic mass is 9.99. The van der Waals surface area contributed by atoms with Gasteiger partial charge in [-0.3, -0.25) is 4.79 Å². The Bertz CT molecular complexity index is 985. The number of nitrogens with zero attached hydrogens (tertiary/aromatic N) is 1. The maximum Gasteiger partial charge on any atom is 0.252 e. The van der Waals surface area contributed by atoms with E-state index in [-0.39, 0.29) is 11.9 Å². The molecule has 1 saturated heterocycles. The number of para-hydroxylation sites is 1. The highest BCUT2D eigenvalue weighted by Crippen LogP contribution is 2.26. The predicted molar refractivity (Wildman–Crippen MR) is 112 cm³/mol. The Morgan fingerprint density at radius 3 is 2.71 bits per heavy atom. The highest BCUT2D eigenvalue weighted by molar-refractivity contribution is 6.07. The first-order valence-corrected chi connectivity index (χ1v) is 9.72. The lowest BCUT2D eigenvalue weighted by Crippen LogP contribution is -2.46. The van der Waals surface area contributed by atoms with Crippen molar-refractivity contribution in [3.05, 3.63) is 60.2 Å². The first-order chi connectivity index (χ1) is 13.6. The molecule has 5 nitrogen and oxygen atoms in total. The Morgan fingerprint density at radius 2 is 1.96 bits per heavy atom. The number of rotatable bonds is 4. The number of benzene rings is 2. The molecule has 2 unspecified atom stereocenters. The minimum atomic E-state index is -0.0348. The summed E-state index contributed by atoms with van der Waals surface area (Å²) in [7, 11) is 1.65. The number of carbonyl (C=O) groups excluding carboxylic acids is 1. The van der Waals surface area contributed by atoms with Crippen LogP contribution in [0.1, 0.15) is 30.1 Å². The highest BCUT2D eigenvalue weighted by atomic mass is 16.5. The van der Waals surface area contributed by atoms with Gasteiger partial charge in [-0.2, -0.15) is 0 Å². The predicted octanol–water partition coefficient (Wildman–Crippen LogP) is 3.78. The molecule has 1 aliphatic rings. The molecule has 0 saturated carbocycles. The largest absolute Gasteiger partial charge is 0.497 e. The summed E-state index contributed by atoms with van der Waals surface area (Å²) in [4.78, 5) is 17.9. The van der Waals surface area contributed by atoms with Crippen LogP contribution in [-0.2, 0) is 0 Å². The van der Waals surface area contributed by atoms with Crippen LogP contribution < -0.4 is 15.4 Å². The van der Waals surface area contributed by atoms with Gasteiger partial charge in [0.15, 0.2) is 0 Å². The van der Waals surface area contributed by atoms with Gasteiger partial charge in [0.05, 0.1) is 23.9 Å². The van der Waals surface area contributed by atoms with Crippen molar-refractivity contribution in [3.8, 4) is 17.0 Å². The van der Waals surface area contributed by atoms with Gasteiger partial charge >= 0.3 is 0 Å². The average molecular weight is 375 g/mol. The number of hydrogen-bond donors (Lipinski definition) is 2. The summed E-state index contributed by atoms with van der Waals surface area (Å²) in [6, 6.07) is 18.0. The molecule has 1 amide bonds. The number of pyridine rings is 1. The summed E-state index contributed by atoms with van der Waals surface area (Å²) >= 11 is 0. The van der Waals surface area contributed by atoms with Crippen molar-refractivity contribution >= 4 is 16.8 Å². The third-order valence-corrected chi connectivity index (χ3v) is 5.31. The Balaban J connectivity index is 1.70. The fraction of sp³-hybridized carbons (Fsp3) is 0.304. The summed E-state index contributed by atoms with van der Waals surface area (Å²) in [6.07, 6.45) is 1.89. The van der Waals surface area contributed by atoms with Crippen molar-refractivity contribution < 1.29 is 9.53 Å². The summed E-state index contributed by atoms with van der Waals surface area (Å²) < 4.78 is 5.24. The molecule has 144 valence electrons. The average Bonchev–Trinajstić information content (AvgIpc) is 2.73. The van der Waals surface area contributed by atoms with E-state index in [0.29, 0.717) is 11.6 Å². The maximum absolute atomic E-state index is 13.1. The number of ether oxygens (including phenoxy) is 1. The topological polar surface area (TPSA) is 63.2 Å². The standard InChI is InChI=1S/C23H25N3O2/c1-15-13-17(11-12-24-15)25-23(27)20-14-22(16-7-9-18(28-2)10-8-16)26-21-6-4-3-5-19(20)21/h3-10,14-15,17,24H,11-13H2,1-2H3,(H,25,27). The van der Waals surface area contributed by atoms with Crippen LogP contribution in [0.5, 0.6) is 5.75 Å². The van der Waals surface area contributed by atoms with E-state index in [1.54, 1.807) is 7.11 Å². The second kappa shape index (κ2) is 7.98. The van der Waals surface area contributed by atoms with Crippen LogP contribution in [0.3, 0.4) is 0 Å². The lowest BCUT2D eigenvalue weighted by molar-refractivity contribution is 0.0927. The Kier molecular flexibility index (Phi) is 5.26. The van der Waals surface area contributed by atoms with Gasteiger partial charge in [0.2, 0.25) is 0 Å². The number of fused-ring (bicyclic) bond motifs is 1. The molecule has 0 aliphatic carbocycles. The van der Waals surface area contributed by atoms with Gasteiger partial charge in [0.1, 0.15) is 5.75 Å². The van der Waals surface area contributed by atoms with Crippen LogP contribution in [0, 0.1) is 0 Å². The molecule has 1 fully saturated rings. The second-order valence-electron chi connectivity index (χ2n) is 7.35. The van der Waals surface area contributed by atoms with Crippen molar-refractivity contribution in [2.75, 3.05) is 13.7 Å². The molecule has 4 rings (SSSR count). The normalized spacial score (nSPS) is 19.4. The summed E-state index contributed by atoms with van der Waals surface area (Å²) in [5.41, 5.74) is 3.23. The molecule has 1 aliphatic heterocycles. The van der Waals surface area contributed by atoms with Gasteiger partial charge in [-0.25, -0.2) is 4.98 Å². The molecular weight excluding hydrogens is 350 g/mol. The number of nitrogens with one attached hydrogen (secondary N) is 2. The van der Waals surface area contributed by atoms with E-state index < -0.39 is 0 Å². The van der Waals surface area contributed by atoms with E-state index in [0.717, 1.165) is 47.3 Å². The summed E-state index contributed by atoms with van der Waals surface area (Å²) in [6.45, 7) is 3.09. The van der Waals surface area contributed by atoms with Crippen molar-refractivity contribution in [1.82, 2.24) is 15.6 Å². The van der Waals surface area contributed by atoms with Gasteiger partial charge in [0, 0.05) is 23.0 Å². The van der Waals surface area contributed by atoms with Crippen LogP contribution in [0.15, 0.2) is 54.6 Å². The number of amides is 1. The summed E-state index contributed by atoms with van der Waals surface area (Å²) in [5.74, 6) is 0.759. The SMILES string of the molecule is COc1ccc(-c2cc(C(=O)NC3CCNC(C)C3)c3ccccc3n2)cc1. The van der Waals surface area contributed by atoms with E-state index in [2.05, 4.69) is 17.6 Å². The molecule has 0 radical (unpaired) electrons. The Morgan fingerprint density at radius 1 is 1.18 bits per heavy atom. The molecule has 2 N–H and O–H groups in total. The first kappa shape index (κ1) is 18.4. The maximum atomic E-state index is 13.1. The molecule has 2 atom stereocenters. The quantitative estimate of drug-likeness (QED) is 0.728. The van der Waals surface area contributed by atoms with Crippen LogP contribution in [0.4, 0.5) is 0 Å². The van der Waals surface area contributed by atoms with E-state index in [1.165, 1.54) is 0 Å². The van der Waals surface area contributed by atoms with Crippen molar-refractivity contribution in [2.45, 2.75) is 31.8 Å². The van der Waals surface area contributed by atoms with Gasteiger partial charge in [-0.15, -0.1) is 0 Å². The van der Waals surface area contributed by atoms with Crippen LogP contribution in [0.2, 0.25) is 0 Å². The van der Waals surface area contributed by atoms with Gasteiger partial charge in [0.25, 0.3) is 5.91 Å². The minimum Gasteiger partial charge on any atom is -0.497 e. The van der Waals surface area contributed by atoms with Crippen LogP contribution >= 0.6 is 0 Å². The zero-order valence-electron chi connectivity index (χ0n) is 16.2. The zero-order chi connectivity index (χ0) is 19.5. The second-order valence-corrected chi connectivity index (χ2v) is 7.35. The minimum absolute atomic E-state index is 0.0348. The smallest absolute Gasteiger partial charge is 0.252 e. The highest BCUT2D eigenvalue weighted by Gasteiger charge is 2.22. The molecule has 2 aromatic carbocycles. The van der Waals surface area contributed by atoms with E-state index >= 15 is 0 Å². The van der Waals surface area contributed by atoms with Crippen molar-refractivity contribution in [1.29, 1.82) is 0 Å². The molecule has 5 heteroatoms. The fourth-order valence-electron chi connectivity index (χ4n) is 3.80. The van der Waals surface area contributed by atoms with E-state index in [9.17, 15) is 4.79 Å². The van der Waals surface area contributed by atoms with Gasteiger partial charge in [-0.05, 0) is 62.7 Å². The monoisotopic (exact) mass is 375 g/mol. The van der Waals surface area contributed by atoms with Crippen molar-refractivity contribution in [3.63, 3.8) is 0 Å². The summed E-state index contributed by atoms with van der Waals surface area (Å²) in [5, 5.41) is 7.53. The number of piperidine rings is 1. The van der Waals surface area contributed by atoms with E-state index in [1.807, 2.05) is 54.6 Å².